The van der Waals surface area contributed by atoms with E-state index in [0.717, 1.165) is 0 Å². The molecule has 0 saturated carbocycles. The molecule has 2 unspecified atom stereocenters. The van der Waals surface area contributed by atoms with Gasteiger partial charge in [0, 0.05) is 6.54 Å². The fourth-order valence-corrected chi connectivity index (χ4v) is 2.02. The van der Waals surface area contributed by atoms with Crippen molar-refractivity contribution in [3.8, 4) is 0 Å². The third-order valence-electron chi connectivity index (χ3n) is 2.76. The summed E-state index contributed by atoms with van der Waals surface area (Å²) in [6.07, 6.45) is -2.56. The molecule has 0 bridgehead atoms. The number of amides is 1. The summed E-state index contributed by atoms with van der Waals surface area (Å²) in [6, 6.07) is 4.64. The molecule has 3 N–H and O–H groups in total. The van der Waals surface area contributed by atoms with Crippen LogP contribution in [0.4, 0.5) is 4.79 Å². The van der Waals surface area contributed by atoms with Gasteiger partial charge in [-0.05, 0) is 44.9 Å². The van der Waals surface area contributed by atoms with Gasteiger partial charge in [-0.15, -0.1) is 0 Å². The van der Waals surface area contributed by atoms with Crippen LogP contribution >= 0.6 is 23.2 Å². The van der Waals surface area contributed by atoms with E-state index in [1.165, 1.54) is 6.07 Å². The molecule has 1 aromatic carbocycles. The van der Waals surface area contributed by atoms with Crippen LogP contribution in [0.1, 0.15) is 38.9 Å². The number of alkyl carbamates (subject to hydrolysis) is 1. The zero-order valence-corrected chi connectivity index (χ0v) is 14.3. The Morgan fingerprint density at radius 2 is 1.91 bits per heavy atom. The standard InChI is InChI=1S/C15H21Cl2NO4/c1-15(2,3)22-14(21)18-7-6-12(19)13(20)9-4-5-10(16)11(17)8-9/h4-5,8,12-13,19-20H,6-7H2,1-3H3,(H,18,21). The van der Waals surface area contributed by atoms with Gasteiger partial charge in [-0.2, -0.15) is 0 Å². The van der Waals surface area contributed by atoms with Crippen molar-refractivity contribution < 1.29 is 19.7 Å². The highest BCUT2D eigenvalue weighted by Crippen LogP contribution is 2.27. The number of halogens is 2. The summed E-state index contributed by atoms with van der Waals surface area (Å²) in [4.78, 5) is 11.5. The van der Waals surface area contributed by atoms with Crippen molar-refractivity contribution in [2.45, 2.75) is 45.0 Å². The van der Waals surface area contributed by atoms with Gasteiger partial charge in [-0.3, -0.25) is 0 Å². The van der Waals surface area contributed by atoms with Crippen molar-refractivity contribution in [3.05, 3.63) is 33.8 Å². The van der Waals surface area contributed by atoms with Crippen LogP contribution in [0.3, 0.4) is 0 Å². The number of nitrogens with one attached hydrogen (secondary N) is 1. The molecule has 1 aromatic rings. The van der Waals surface area contributed by atoms with Gasteiger partial charge in [0.25, 0.3) is 0 Å². The maximum absolute atomic E-state index is 11.5. The molecule has 0 spiro atoms. The van der Waals surface area contributed by atoms with Gasteiger partial charge in [-0.25, -0.2) is 4.79 Å². The molecule has 7 heteroatoms. The molecule has 124 valence electrons. The van der Waals surface area contributed by atoms with E-state index in [0.29, 0.717) is 15.6 Å². The third kappa shape index (κ3) is 6.40. The van der Waals surface area contributed by atoms with Gasteiger partial charge in [0.1, 0.15) is 11.7 Å². The lowest BCUT2D eigenvalue weighted by Gasteiger charge is -2.21. The minimum atomic E-state index is -1.12. The molecule has 1 amide bonds. The van der Waals surface area contributed by atoms with Gasteiger partial charge in [0.05, 0.1) is 16.1 Å². The first-order valence-corrected chi connectivity index (χ1v) is 7.63. The van der Waals surface area contributed by atoms with E-state index in [-0.39, 0.29) is 13.0 Å². The maximum atomic E-state index is 11.5. The molecule has 2 atom stereocenters. The Bertz CT molecular complexity index is 517. The van der Waals surface area contributed by atoms with Crippen LogP contribution in [0.15, 0.2) is 18.2 Å². The maximum Gasteiger partial charge on any atom is 0.407 e. The molecule has 0 aliphatic carbocycles. The number of ether oxygens (including phenoxy) is 1. The minimum absolute atomic E-state index is 0.167. The fourth-order valence-electron chi connectivity index (χ4n) is 1.71. The number of carbonyl (C=O) groups is 1. The van der Waals surface area contributed by atoms with Crippen LogP contribution in [0, 0.1) is 0 Å². The summed E-state index contributed by atoms with van der Waals surface area (Å²) in [5.41, 5.74) is -0.124. The van der Waals surface area contributed by atoms with E-state index in [2.05, 4.69) is 5.32 Å². The van der Waals surface area contributed by atoms with Crippen molar-refractivity contribution in [2.75, 3.05) is 6.54 Å². The highest BCUT2D eigenvalue weighted by molar-refractivity contribution is 6.42. The minimum Gasteiger partial charge on any atom is -0.444 e. The summed E-state index contributed by atoms with van der Waals surface area (Å²) in [6.45, 7) is 5.45. The van der Waals surface area contributed by atoms with Gasteiger partial charge >= 0.3 is 6.09 Å². The van der Waals surface area contributed by atoms with Crippen LogP contribution in [-0.2, 0) is 4.74 Å². The molecule has 22 heavy (non-hydrogen) atoms. The van der Waals surface area contributed by atoms with Crippen LogP contribution in [0.5, 0.6) is 0 Å². The van der Waals surface area contributed by atoms with Crippen molar-refractivity contribution in [1.82, 2.24) is 5.32 Å². The second-order valence-corrected chi connectivity index (χ2v) is 6.72. The number of carbonyl (C=O) groups excluding carboxylic acids is 1. The molecule has 5 nitrogen and oxygen atoms in total. The number of benzene rings is 1. The number of hydrogen-bond donors (Lipinski definition) is 3. The first kappa shape index (κ1) is 19.0. The third-order valence-corrected chi connectivity index (χ3v) is 3.50. The highest BCUT2D eigenvalue weighted by atomic mass is 35.5. The normalized spacial score (nSPS) is 14.3. The number of hydrogen-bond acceptors (Lipinski definition) is 4. The molecule has 0 radical (unpaired) electrons. The molecule has 0 fully saturated rings. The quantitative estimate of drug-likeness (QED) is 0.761. The van der Waals surface area contributed by atoms with Gasteiger partial charge in [-0.1, -0.05) is 29.3 Å². The fraction of sp³-hybridized carbons (Fsp3) is 0.533. The lowest BCUT2D eigenvalue weighted by molar-refractivity contribution is 0.0123. The van der Waals surface area contributed by atoms with E-state index < -0.39 is 23.9 Å². The molecular formula is C15H21Cl2NO4. The van der Waals surface area contributed by atoms with Crippen LogP contribution in [0.2, 0.25) is 10.0 Å². The number of aliphatic hydroxyl groups is 2. The van der Waals surface area contributed by atoms with Crippen molar-refractivity contribution in [1.29, 1.82) is 0 Å². The molecule has 0 heterocycles. The lowest BCUT2D eigenvalue weighted by Crippen LogP contribution is -2.34. The van der Waals surface area contributed by atoms with E-state index in [1.807, 2.05) is 0 Å². The zero-order valence-electron chi connectivity index (χ0n) is 12.8. The van der Waals surface area contributed by atoms with Crippen LogP contribution in [0.25, 0.3) is 0 Å². The lowest BCUT2D eigenvalue weighted by atomic mass is 10.0. The van der Waals surface area contributed by atoms with E-state index in [4.69, 9.17) is 27.9 Å². The van der Waals surface area contributed by atoms with E-state index in [1.54, 1.807) is 32.9 Å². The van der Waals surface area contributed by atoms with E-state index >= 15 is 0 Å². The Hall–Kier alpha value is -1.01. The number of rotatable bonds is 5. The number of aliphatic hydroxyl groups excluding tert-OH is 2. The van der Waals surface area contributed by atoms with Crippen LogP contribution < -0.4 is 5.32 Å². The summed E-state index contributed by atoms with van der Waals surface area (Å²) < 4.78 is 5.07. The Morgan fingerprint density at radius 1 is 1.27 bits per heavy atom. The predicted molar refractivity (Wildman–Crippen MR) is 86.3 cm³/mol. The Kier molecular flexibility index (Phi) is 6.94. The topological polar surface area (TPSA) is 78.8 Å². The molecule has 0 saturated heterocycles. The molecule has 0 aliphatic heterocycles. The molecular weight excluding hydrogens is 329 g/mol. The van der Waals surface area contributed by atoms with Gasteiger partial charge in [0.2, 0.25) is 0 Å². The van der Waals surface area contributed by atoms with Crippen LogP contribution in [-0.4, -0.2) is 34.6 Å². The summed E-state index contributed by atoms with van der Waals surface area (Å²) in [7, 11) is 0. The monoisotopic (exact) mass is 349 g/mol. The summed E-state index contributed by atoms with van der Waals surface area (Å²) >= 11 is 11.7. The smallest absolute Gasteiger partial charge is 0.407 e. The molecule has 0 aromatic heterocycles. The zero-order chi connectivity index (χ0) is 16.9. The highest BCUT2D eigenvalue weighted by Gasteiger charge is 2.20. The Morgan fingerprint density at radius 3 is 2.45 bits per heavy atom. The summed E-state index contributed by atoms with van der Waals surface area (Å²) in [5.74, 6) is 0. The largest absolute Gasteiger partial charge is 0.444 e. The Balaban J connectivity index is 2.46. The SMILES string of the molecule is CC(C)(C)OC(=O)NCCC(O)C(O)c1ccc(Cl)c(Cl)c1. The first-order chi connectivity index (χ1) is 10.1. The Labute approximate surface area is 140 Å². The predicted octanol–water partition coefficient (Wildman–Crippen LogP) is 3.30. The first-order valence-electron chi connectivity index (χ1n) is 6.88. The van der Waals surface area contributed by atoms with Crippen molar-refractivity contribution >= 4 is 29.3 Å². The average molecular weight is 350 g/mol. The van der Waals surface area contributed by atoms with Crippen molar-refractivity contribution in [2.24, 2.45) is 0 Å². The molecule has 1 rings (SSSR count). The summed E-state index contributed by atoms with van der Waals surface area (Å²) in [5, 5.41) is 23.2. The van der Waals surface area contributed by atoms with Crippen molar-refractivity contribution in [3.63, 3.8) is 0 Å². The van der Waals surface area contributed by atoms with Gasteiger partial charge < -0.3 is 20.3 Å². The second-order valence-electron chi connectivity index (χ2n) is 5.90. The van der Waals surface area contributed by atoms with E-state index in [9.17, 15) is 15.0 Å². The molecule has 0 aliphatic rings. The second kappa shape index (κ2) is 8.02. The van der Waals surface area contributed by atoms with Gasteiger partial charge in [0.15, 0.2) is 0 Å². The average Bonchev–Trinajstić information content (AvgIpc) is 2.38.